The molecule has 0 aliphatic carbocycles. The number of methoxy groups -OCH3 is 1. The Morgan fingerprint density at radius 3 is 2.30 bits per heavy atom. The summed E-state index contributed by atoms with van der Waals surface area (Å²) in [7, 11) is 0.958. The zero-order chi connectivity index (χ0) is 17.0. The molecular formula is C16H18N2O4S. The van der Waals surface area contributed by atoms with Crippen LogP contribution in [0, 0.1) is 0 Å². The molecule has 0 saturated carbocycles. The summed E-state index contributed by atoms with van der Waals surface area (Å²) in [5, 5.41) is 2.74. The SMILES string of the molecule is COc1cccc(NC(=O)c2ccc(S(=O)(=O)N(C)C)cc2)c1. The number of benzene rings is 2. The van der Waals surface area contributed by atoms with Crippen LogP contribution in [-0.2, 0) is 10.0 Å². The molecule has 0 aliphatic rings. The highest BCUT2D eigenvalue weighted by molar-refractivity contribution is 7.89. The molecule has 23 heavy (non-hydrogen) atoms. The van der Waals surface area contributed by atoms with Crippen LogP contribution in [0.15, 0.2) is 53.4 Å². The van der Waals surface area contributed by atoms with Crippen molar-refractivity contribution in [2.75, 3.05) is 26.5 Å². The molecule has 0 unspecified atom stereocenters. The second kappa shape index (κ2) is 6.80. The Hall–Kier alpha value is -2.38. The molecule has 0 radical (unpaired) electrons. The van der Waals surface area contributed by atoms with Gasteiger partial charge in [-0.25, -0.2) is 12.7 Å². The van der Waals surface area contributed by atoms with Crippen LogP contribution in [-0.4, -0.2) is 39.8 Å². The van der Waals surface area contributed by atoms with E-state index in [1.807, 2.05) is 0 Å². The van der Waals surface area contributed by atoms with Crippen LogP contribution >= 0.6 is 0 Å². The molecule has 2 aromatic carbocycles. The lowest BCUT2D eigenvalue weighted by Crippen LogP contribution is -2.22. The lowest BCUT2D eigenvalue weighted by molar-refractivity contribution is 0.102. The average Bonchev–Trinajstić information content (AvgIpc) is 2.55. The van der Waals surface area contributed by atoms with Gasteiger partial charge in [0, 0.05) is 31.4 Å². The van der Waals surface area contributed by atoms with Crippen molar-refractivity contribution in [3.63, 3.8) is 0 Å². The molecule has 0 fully saturated rings. The zero-order valence-corrected chi connectivity index (χ0v) is 13.9. The summed E-state index contributed by atoms with van der Waals surface area (Å²) in [6.07, 6.45) is 0. The largest absolute Gasteiger partial charge is 0.497 e. The first kappa shape index (κ1) is 17.0. The Labute approximate surface area is 135 Å². The van der Waals surface area contributed by atoms with Crippen molar-refractivity contribution in [2.24, 2.45) is 0 Å². The lowest BCUT2D eigenvalue weighted by atomic mass is 10.2. The van der Waals surface area contributed by atoms with Gasteiger partial charge in [-0.15, -0.1) is 0 Å². The highest BCUT2D eigenvalue weighted by Gasteiger charge is 2.17. The van der Waals surface area contributed by atoms with Crippen molar-refractivity contribution in [3.8, 4) is 5.75 Å². The summed E-state index contributed by atoms with van der Waals surface area (Å²) in [6, 6.07) is 12.8. The number of amides is 1. The fourth-order valence-corrected chi connectivity index (χ4v) is 2.79. The Morgan fingerprint density at radius 2 is 1.74 bits per heavy atom. The molecule has 2 rings (SSSR count). The normalized spacial score (nSPS) is 11.3. The van der Waals surface area contributed by atoms with Crippen LogP contribution in [0.1, 0.15) is 10.4 Å². The number of anilines is 1. The molecule has 0 saturated heterocycles. The van der Waals surface area contributed by atoms with Gasteiger partial charge in [0.2, 0.25) is 10.0 Å². The summed E-state index contributed by atoms with van der Waals surface area (Å²) in [6.45, 7) is 0. The predicted molar refractivity (Wildman–Crippen MR) is 88.3 cm³/mol. The molecule has 7 heteroatoms. The topological polar surface area (TPSA) is 75.7 Å². The number of nitrogens with one attached hydrogen (secondary N) is 1. The van der Waals surface area contributed by atoms with Crippen molar-refractivity contribution in [2.45, 2.75) is 4.90 Å². The Balaban J connectivity index is 2.17. The molecule has 0 heterocycles. The third-order valence-electron chi connectivity index (χ3n) is 3.22. The van der Waals surface area contributed by atoms with E-state index in [1.165, 1.54) is 38.4 Å². The smallest absolute Gasteiger partial charge is 0.255 e. The average molecular weight is 334 g/mol. The Morgan fingerprint density at radius 1 is 1.09 bits per heavy atom. The number of carbonyl (C=O) groups is 1. The number of carbonyl (C=O) groups excluding carboxylic acids is 1. The molecule has 0 aliphatic heterocycles. The van der Waals surface area contributed by atoms with Gasteiger partial charge in [0.25, 0.3) is 5.91 Å². The Bertz CT molecular complexity index is 799. The molecule has 2 aromatic rings. The summed E-state index contributed by atoms with van der Waals surface area (Å²) >= 11 is 0. The number of ether oxygens (including phenoxy) is 1. The zero-order valence-electron chi connectivity index (χ0n) is 13.1. The standard InChI is InChI=1S/C16H18N2O4S/c1-18(2)23(20,21)15-9-7-12(8-10-15)16(19)17-13-5-4-6-14(11-13)22-3/h4-11H,1-3H3,(H,17,19). The van der Waals surface area contributed by atoms with Gasteiger partial charge in [-0.3, -0.25) is 4.79 Å². The monoisotopic (exact) mass is 334 g/mol. The minimum atomic E-state index is -3.50. The quantitative estimate of drug-likeness (QED) is 0.909. The van der Waals surface area contributed by atoms with Gasteiger partial charge in [-0.2, -0.15) is 0 Å². The van der Waals surface area contributed by atoms with E-state index in [0.717, 1.165) is 4.31 Å². The third kappa shape index (κ3) is 3.88. The summed E-state index contributed by atoms with van der Waals surface area (Å²) in [4.78, 5) is 12.3. The van der Waals surface area contributed by atoms with E-state index in [4.69, 9.17) is 4.74 Å². The first-order valence-electron chi connectivity index (χ1n) is 6.82. The van der Waals surface area contributed by atoms with Gasteiger partial charge >= 0.3 is 0 Å². The minimum absolute atomic E-state index is 0.139. The highest BCUT2D eigenvalue weighted by Crippen LogP contribution is 2.18. The number of sulfonamides is 1. The minimum Gasteiger partial charge on any atom is -0.497 e. The maximum Gasteiger partial charge on any atom is 0.255 e. The molecule has 1 amide bonds. The maximum absolute atomic E-state index is 12.2. The highest BCUT2D eigenvalue weighted by atomic mass is 32.2. The lowest BCUT2D eigenvalue weighted by Gasteiger charge is -2.12. The summed E-state index contributed by atoms with van der Waals surface area (Å²) in [5.74, 6) is 0.308. The molecule has 6 nitrogen and oxygen atoms in total. The molecule has 0 bridgehead atoms. The van der Waals surface area contributed by atoms with E-state index < -0.39 is 10.0 Å². The molecule has 0 atom stereocenters. The van der Waals surface area contributed by atoms with Gasteiger partial charge in [0.15, 0.2) is 0 Å². The van der Waals surface area contributed by atoms with Crippen molar-refractivity contribution in [3.05, 3.63) is 54.1 Å². The van der Waals surface area contributed by atoms with Crippen molar-refractivity contribution in [1.29, 1.82) is 0 Å². The van der Waals surface area contributed by atoms with E-state index in [9.17, 15) is 13.2 Å². The van der Waals surface area contributed by atoms with Crippen LogP contribution in [0.4, 0.5) is 5.69 Å². The van der Waals surface area contributed by atoms with Crippen LogP contribution in [0.25, 0.3) is 0 Å². The van der Waals surface area contributed by atoms with E-state index >= 15 is 0 Å². The van der Waals surface area contributed by atoms with Crippen LogP contribution < -0.4 is 10.1 Å². The van der Waals surface area contributed by atoms with Gasteiger partial charge in [0.1, 0.15) is 5.75 Å². The van der Waals surface area contributed by atoms with Crippen molar-refractivity contribution >= 4 is 21.6 Å². The molecular weight excluding hydrogens is 316 g/mol. The van der Waals surface area contributed by atoms with Gasteiger partial charge < -0.3 is 10.1 Å². The first-order chi connectivity index (χ1) is 10.8. The van der Waals surface area contributed by atoms with Crippen molar-refractivity contribution < 1.29 is 17.9 Å². The fourth-order valence-electron chi connectivity index (χ4n) is 1.89. The number of hydrogen-bond acceptors (Lipinski definition) is 4. The van der Waals surface area contributed by atoms with Gasteiger partial charge in [-0.1, -0.05) is 6.07 Å². The second-order valence-corrected chi connectivity index (χ2v) is 7.15. The summed E-state index contributed by atoms with van der Waals surface area (Å²) in [5.41, 5.74) is 0.963. The van der Waals surface area contributed by atoms with Crippen LogP contribution in [0.2, 0.25) is 0 Å². The number of hydrogen-bond donors (Lipinski definition) is 1. The third-order valence-corrected chi connectivity index (χ3v) is 5.05. The molecule has 122 valence electrons. The van der Waals surface area contributed by atoms with Crippen LogP contribution in [0.3, 0.4) is 0 Å². The van der Waals surface area contributed by atoms with E-state index in [0.29, 0.717) is 17.0 Å². The maximum atomic E-state index is 12.2. The first-order valence-corrected chi connectivity index (χ1v) is 8.26. The molecule has 0 spiro atoms. The molecule has 1 N–H and O–H groups in total. The number of rotatable bonds is 5. The van der Waals surface area contributed by atoms with Crippen molar-refractivity contribution in [1.82, 2.24) is 4.31 Å². The fraction of sp³-hybridized carbons (Fsp3) is 0.188. The molecule has 0 aromatic heterocycles. The predicted octanol–water partition coefficient (Wildman–Crippen LogP) is 2.20. The van der Waals surface area contributed by atoms with E-state index in [2.05, 4.69) is 5.32 Å². The van der Waals surface area contributed by atoms with Gasteiger partial charge in [0.05, 0.1) is 12.0 Å². The summed E-state index contributed by atoms with van der Waals surface area (Å²) < 4.78 is 30.2. The van der Waals surface area contributed by atoms with Gasteiger partial charge in [-0.05, 0) is 36.4 Å². The number of nitrogens with zero attached hydrogens (tertiary/aromatic N) is 1. The van der Waals surface area contributed by atoms with Crippen LogP contribution in [0.5, 0.6) is 5.75 Å². The van der Waals surface area contributed by atoms with E-state index in [-0.39, 0.29) is 10.8 Å². The Kier molecular flexibility index (Phi) is 5.02. The second-order valence-electron chi connectivity index (χ2n) is 5.00. The van der Waals surface area contributed by atoms with E-state index in [1.54, 1.807) is 31.4 Å².